The number of unbranched alkanes of at least 4 members (excludes halogenated alkanes) is 9. The number of rotatable bonds is 13. The Kier molecular flexibility index (Phi) is 10.9. The van der Waals surface area contributed by atoms with Gasteiger partial charge in [0.15, 0.2) is 5.17 Å². The molecule has 3 rings (SSSR count). The minimum absolute atomic E-state index is 0.222. The number of amidine groups is 1. The molecule has 1 fully saturated rings. The first kappa shape index (κ1) is 24.6. The number of thioether (sulfide) groups is 1. The molecule has 1 aliphatic rings. The Labute approximate surface area is 198 Å². The minimum Gasteiger partial charge on any atom is -0.346 e. The fourth-order valence-electron chi connectivity index (χ4n) is 3.96. The van der Waals surface area contributed by atoms with Crippen molar-refractivity contribution in [2.24, 2.45) is 4.99 Å². The molecule has 1 heterocycles. The Morgan fingerprint density at radius 1 is 0.844 bits per heavy atom. The van der Waals surface area contributed by atoms with Gasteiger partial charge in [-0.05, 0) is 42.3 Å². The number of hydrogen-bond acceptors (Lipinski definition) is 2. The Morgan fingerprint density at radius 3 is 2.12 bits per heavy atom. The van der Waals surface area contributed by atoms with Crippen molar-refractivity contribution in [3.63, 3.8) is 0 Å². The molecular formula is C28H37FN2S. The summed E-state index contributed by atoms with van der Waals surface area (Å²) in [6, 6.07) is 16.9. The lowest BCUT2D eigenvalue weighted by Crippen LogP contribution is -2.25. The number of halogens is 1. The number of aliphatic imine (C=N–C) groups is 1. The van der Waals surface area contributed by atoms with Crippen molar-refractivity contribution in [1.29, 1.82) is 0 Å². The van der Waals surface area contributed by atoms with E-state index in [4.69, 9.17) is 4.99 Å². The van der Waals surface area contributed by atoms with Crippen LogP contribution in [0.15, 0.2) is 64.5 Å². The second kappa shape index (κ2) is 14.2. The average Bonchev–Trinajstić information content (AvgIpc) is 3.18. The average molecular weight is 453 g/mol. The highest BCUT2D eigenvalue weighted by atomic mass is 32.2. The van der Waals surface area contributed by atoms with E-state index in [0.29, 0.717) is 0 Å². The Bertz CT molecular complexity index is 845. The molecule has 0 bridgehead atoms. The SMILES string of the molecule is CCCCCCCCCCCCN1C/C(=C/c2ccccc2)SC1=Nc1ccc(F)cc1. The standard InChI is InChI=1S/C28H37FN2S/c1-2-3-4-5-6-7-8-9-10-14-21-31-23-27(22-24-15-12-11-13-16-24)32-28(31)30-26-19-17-25(29)18-20-26/h11-13,15-20,22H,2-10,14,21,23H2,1H3/b27-22-,30-28?. The van der Waals surface area contributed by atoms with Gasteiger partial charge in [-0.25, -0.2) is 9.38 Å². The topological polar surface area (TPSA) is 15.6 Å². The molecule has 0 spiro atoms. The Hall–Kier alpha value is -2.07. The summed E-state index contributed by atoms with van der Waals surface area (Å²) in [6.45, 7) is 4.20. The number of nitrogens with zero attached hydrogens (tertiary/aromatic N) is 2. The van der Waals surface area contributed by atoms with Crippen LogP contribution in [0.1, 0.15) is 76.7 Å². The van der Waals surface area contributed by atoms with E-state index >= 15 is 0 Å². The van der Waals surface area contributed by atoms with Crippen LogP contribution in [-0.4, -0.2) is 23.2 Å². The molecule has 0 atom stereocenters. The highest BCUT2D eigenvalue weighted by molar-refractivity contribution is 8.17. The van der Waals surface area contributed by atoms with Crippen molar-refractivity contribution >= 4 is 28.7 Å². The van der Waals surface area contributed by atoms with Gasteiger partial charge in [0, 0.05) is 11.4 Å². The van der Waals surface area contributed by atoms with Gasteiger partial charge in [-0.1, -0.05) is 107 Å². The van der Waals surface area contributed by atoms with Gasteiger partial charge in [-0.2, -0.15) is 0 Å². The first-order chi connectivity index (χ1) is 15.7. The van der Waals surface area contributed by atoms with E-state index in [1.54, 1.807) is 23.9 Å². The van der Waals surface area contributed by atoms with Gasteiger partial charge in [-0.15, -0.1) is 0 Å². The summed E-state index contributed by atoms with van der Waals surface area (Å²) in [5.41, 5.74) is 2.03. The van der Waals surface area contributed by atoms with Gasteiger partial charge >= 0.3 is 0 Å². The maximum absolute atomic E-state index is 13.3. The second-order valence-electron chi connectivity index (χ2n) is 8.60. The molecule has 0 radical (unpaired) electrons. The highest BCUT2D eigenvalue weighted by Gasteiger charge is 2.23. The summed E-state index contributed by atoms with van der Waals surface area (Å²) in [4.78, 5) is 8.53. The lowest BCUT2D eigenvalue weighted by Gasteiger charge is -2.17. The third kappa shape index (κ3) is 8.82. The molecule has 0 aromatic heterocycles. The lowest BCUT2D eigenvalue weighted by atomic mass is 10.1. The second-order valence-corrected chi connectivity index (χ2v) is 9.69. The minimum atomic E-state index is -0.222. The normalized spacial score (nSPS) is 16.4. The van der Waals surface area contributed by atoms with E-state index < -0.39 is 0 Å². The van der Waals surface area contributed by atoms with Crippen molar-refractivity contribution < 1.29 is 4.39 Å². The fraction of sp³-hybridized carbons (Fsp3) is 0.464. The summed E-state index contributed by atoms with van der Waals surface area (Å²) < 4.78 is 13.3. The predicted octanol–water partition coefficient (Wildman–Crippen LogP) is 8.82. The zero-order chi connectivity index (χ0) is 22.4. The summed E-state index contributed by atoms with van der Waals surface area (Å²) in [5.74, 6) is -0.222. The molecule has 0 amide bonds. The van der Waals surface area contributed by atoms with E-state index in [2.05, 4.69) is 42.2 Å². The summed E-state index contributed by atoms with van der Waals surface area (Å²) in [6.07, 6.45) is 15.7. The molecule has 2 aromatic rings. The van der Waals surface area contributed by atoms with Crippen molar-refractivity contribution in [3.05, 3.63) is 70.9 Å². The van der Waals surface area contributed by atoms with Crippen LogP contribution in [0.2, 0.25) is 0 Å². The first-order valence-electron chi connectivity index (χ1n) is 12.3. The van der Waals surface area contributed by atoms with E-state index in [1.165, 1.54) is 86.8 Å². The molecule has 0 aliphatic carbocycles. The summed E-state index contributed by atoms with van der Waals surface area (Å²) >= 11 is 1.74. The highest BCUT2D eigenvalue weighted by Crippen LogP contribution is 2.33. The molecular weight excluding hydrogens is 415 g/mol. The van der Waals surface area contributed by atoms with Crippen molar-refractivity contribution in [3.8, 4) is 0 Å². The molecule has 1 aliphatic heterocycles. The molecule has 32 heavy (non-hydrogen) atoms. The van der Waals surface area contributed by atoms with E-state index in [9.17, 15) is 4.39 Å². The molecule has 2 nitrogen and oxygen atoms in total. The monoisotopic (exact) mass is 452 g/mol. The van der Waals surface area contributed by atoms with Crippen LogP contribution < -0.4 is 0 Å². The van der Waals surface area contributed by atoms with Crippen molar-refractivity contribution in [2.45, 2.75) is 71.1 Å². The zero-order valence-corrected chi connectivity index (χ0v) is 20.3. The van der Waals surface area contributed by atoms with Crippen LogP contribution in [-0.2, 0) is 0 Å². The van der Waals surface area contributed by atoms with Crippen LogP contribution in [0, 0.1) is 5.82 Å². The molecule has 0 saturated carbocycles. The molecule has 1 saturated heterocycles. The number of benzene rings is 2. The maximum atomic E-state index is 13.3. The van der Waals surface area contributed by atoms with Crippen LogP contribution in [0.25, 0.3) is 6.08 Å². The van der Waals surface area contributed by atoms with E-state index in [-0.39, 0.29) is 5.82 Å². The Morgan fingerprint density at radius 2 is 1.47 bits per heavy atom. The molecule has 2 aromatic carbocycles. The summed E-state index contributed by atoms with van der Waals surface area (Å²) in [5, 5.41) is 1.02. The zero-order valence-electron chi connectivity index (χ0n) is 19.4. The summed E-state index contributed by atoms with van der Waals surface area (Å²) in [7, 11) is 0. The van der Waals surface area contributed by atoms with Gasteiger partial charge in [0.05, 0.1) is 12.2 Å². The number of hydrogen-bond donors (Lipinski definition) is 0. The predicted molar refractivity (Wildman–Crippen MR) is 139 cm³/mol. The van der Waals surface area contributed by atoms with Crippen molar-refractivity contribution in [1.82, 2.24) is 4.90 Å². The molecule has 4 heteroatoms. The third-order valence-electron chi connectivity index (χ3n) is 5.80. The largest absolute Gasteiger partial charge is 0.346 e. The smallest absolute Gasteiger partial charge is 0.169 e. The molecule has 172 valence electrons. The third-order valence-corrected chi connectivity index (χ3v) is 6.84. The van der Waals surface area contributed by atoms with Gasteiger partial charge in [0.2, 0.25) is 0 Å². The van der Waals surface area contributed by atoms with Gasteiger partial charge in [0.25, 0.3) is 0 Å². The molecule has 0 unspecified atom stereocenters. The van der Waals surface area contributed by atoms with Gasteiger partial charge in [0.1, 0.15) is 5.82 Å². The van der Waals surface area contributed by atoms with E-state index in [0.717, 1.165) is 23.9 Å². The van der Waals surface area contributed by atoms with Crippen LogP contribution in [0.5, 0.6) is 0 Å². The quantitative estimate of drug-likeness (QED) is 0.282. The van der Waals surface area contributed by atoms with Crippen LogP contribution in [0.3, 0.4) is 0 Å². The van der Waals surface area contributed by atoms with Crippen LogP contribution >= 0.6 is 11.8 Å². The van der Waals surface area contributed by atoms with Crippen molar-refractivity contribution in [2.75, 3.05) is 13.1 Å². The maximum Gasteiger partial charge on any atom is 0.169 e. The van der Waals surface area contributed by atoms with E-state index in [1.807, 2.05) is 6.07 Å². The molecule has 0 N–H and O–H groups in total. The van der Waals surface area contributed by atoms with Gasteiger partial charge in [-0.3, -0.25) is 0 Å². The Balaban J connectivity index is 1.50. The van der Waals surface area contributed by atoms with Gasteiger partial charge < -0.3 is 4.90 Å². The lowest BCUT2D eigenvalue weighted by molar-refractivity contribution is 0.443. The van der Waals surface area contributed by atoms with Crippen LogP contribution in [0.4, 0.5) is 10.1 Å². The fourth-order valence-corrected chi connectivity index (χ4v) is 5.05. The first-order valence-corrected chi connectivity index (χ1v) is 13.1.